The molecule has 2 atom stereocenters. The lowest BCUT2D eigenvalue weighted by atomic mass is 10.0. The van der Waals surface area contributed by atoms with E-state index >= 15 is 0 Å². The molecule has 0 spiro atoms. The van der Waals surface area contributed by atoms with Gasteiger partial charge in [-0.05, 0) is 49.8 Å². The van der Waals surface area contributed by atoms with Crippen molar-refractivity contribution in [2.45, 2.75) is 37.8 Å². The van der Waals surface area contributed by atoms with Gasteiger partial charge in [-0.15, -0.1) is 0 Å². The monoisotopic (exact) mass is 443 g/mol. The molecule has 0 radical (unpaired) electrons. The molecule has 1 unspecified atom stereocenters. The largest absolute Gasteiger partial charge is 0.373 e. The van der Waals surface area contributed by atoms with Crippen LogP contribution < -0.4 is 10.6 Å². The maximum Gasteiger partial charge on any atom is 0.245 e. The molecule has 0 bridgehead atoms. The Hall–Kier alpha value is -2.94. The number of halogens is 2. The second-order valence-corrected chi connectivity index (χ2v) is 8.68. The van der Waals surface area contributed by atoms with Gasteiger partial charge in [0.1, 0.15) is 24.0 Å². The molecule has 1 saturated heterocycles. The van der Waals surface area contributed by atoms with Crippen molar-refractivity contribution < 1.29 is 9.18 Å². The Kier molecular flexibility index (Phi) is 5.35. The number of benzene rings is 1. The molecule has 1 aliphatic carbocycles. The number of nitrogens with zero attached hydrogens (tertiary/aromatic N) is 4. The Balaban J connectivity index is 1.29. The first-order valence-corrected chi connectivity index (χ1v) is 10.9. The van der Waals surface area contributed by atoms with Gasteiger partial charge in [0.25, 0.3) is 0 Å². The van der Waals surface area contributed by atoms with Crippen molar-refractivity contribution >= 4 is 40.0 Å². The average molecular weight is 444 g/mol. The van der Waals surface area contributed by atoms with Crippen LogP contribution >= 0.6 is 11.6 Å². The summed E-state index contributed by atoms with van der Waals surface area (Å²) >= 11 is 5.99. The number of rotatable bonds is 6. The van der Waals surface area contributed by atoms with Gasteiger partial charge < -0.3 is 15.5 Å². The van der Waals surface area contributed by atoms with E-state index in [0.29, 0.717) is 35.3 Å². The highest BCUT2D eigenvalue weighted by Crippen LogP contribution is 2.36. The maximum atomic E-state index is 13.8. The first-order chi connectivity index (χ1) is 15.1. The van der Waals surface area contributed by atoms with Crippen molar-refractivity contribution in [3.05, 3.63) is 41.6 Å². The Morgan fingerprint density at radius 3 is 2.94 bits per heavy atom. The van der Waals surface area contributed by atoms with Crippen LogP contribution in [0.2, 0.25) is 5.02 Å². The molecule has 1 aromatic carbocycles. The van der Waals surface area contributed by atoms with Crippen LogP contribution in [0.5, 0.6) is 0 Å². The van der Waals surface area contributed by atoms with Crippen molar-refractivity contribution in [2.75, 3.05) is 23.7 Å². The lowest BCUT2D eigenvalue weighted by Crippen LogP contribution is -2.51. The number of H-pyrrole nitrogens is 1. The highest BCUT2D eigenvalue weighted by molar-refractivity contribution is 6.30. The molecule has 2 aliphatic rings. The topological polar surface area (TPSA) is 98.8 Å². The van der Waals surface area contributed by atoms with Crippen molar-refractivity contribution in [2.24, 2.45) is 5.92 Å². The third-order valence-electron chi connectivity index (χ3n) is 5.87. The second-order valence-electron chi connectivity index (χ2n) is 8.24. The molecule has 1 amide bonds. The lowest BCUT2D eigenvalue weighted by Gasteiger charge is -2.36. The number of piperidine rings is 1. The molecular weight excluding hydrogens is 421 g/mol. The Morgan fingerprint density at radius 1 is 1.26 bits per heavy atom. The number of carbonyl (C=O) groups excluding carboxylic acids is 1. The van der Waals surface area contributed by atoms with Gasteiger partial charge in [-0.3, -0.25) is 9.89 Å². The van der Waals surface area contributed by atoms with E-state index in [1.165, 1.54) is 18.5 Å². The molecule has 31 heavy (non-hydrogen) atoms. The van der Waals surface area contributed by atoms with Crippen LogP contribution in [0.3, 0.4) is 0 Å². The maximum absolute atomic E-state index is 13.8. The minimum absolute atomic E-state index is 0.0468. The van der Waals surface area contributed by atoms with Gasteiger partial charge in [-0.25, -0.2) is 14.4 Å². The number of aromatic amines is 1. The van der Waals surface area contributed by atoms with Gasteiger partial charge in [0.05, 0.1) is 11.6 Å². The van der Waals surface area contributed by atoms with Gasteiger partial charge >= 0.3 is 0 Å². The molecule has 1 aliphatic heterocycles. The van der Waals surface area contributed by atoms with Crippen LogP contribution in [-0.4, -0.2) is 56.1 Å². The number of likely N-dealkylation sites (tertiary alicyclic amines) is 1. The first kappa shape index (κ1) is 20.0. The van der Waals surface area contributed by atoms with Gasteiger partial charge in [0, 0.05) is 29.8 Å². The minimum Gasteiger partial charge on any atom is -0.373 e. The number of aromatic nitrogens is 4. The van der Waals surface area contributed by atoms with E-state index in [9.17, 15) is 9.18 Å². The molecule has 5 rings (SSSR count). The molecule has 162 valence electrons. The molecule has 3 heterocycles. The number of amides is 1. The zero-order chi connectivity index (χ0) is 21.4. The van der Waals surface area contributed by atoms with E-state index in [2.05, 4.69) is 30.8 Å². The Labute approximate surface area is 183 Å². The van der Waals surface area contributed by atoms with Crippen LogP contribution in [-0.2, 0) is 4.79 Å². The number of hydrogen-bond donors (Lipinski definition) is 3. The normalized spacial score (nSPS) is 19.9. The van der Waals surface area contributed by atoms with Gasteiger partial charge in [-0.1, -0.05) is 11.6 Å². The number of nitrogens with one attached hydrogen (secondary N) is 3. The van der Waals surface area contributed by atoms with Crippen molar-refractivity contribution in [1.82, 2.24) is 25.1 Å². The average Bonchev–Trinajstić information content (AvgIpc) is 3.47. The Bertz CT molecular complexity index is 1080. The summed E-state index contributed by atoms with van der Waals surface area (Å²) in [5.74, 6) is 0.597. The van der Waals surface area contributed by atoms with E-state index in [-0.39, 0.29) is 23.9 Å². The van der Waals surface area contributed by atoms with Crippen molar-refractivity contribution in [3.8, 4) is 0 Å². The fourth-order valence-corrected chi connectivity index (χ4v) is 4.41. The smallest absolute Gasteiger partial charge is 0.245 e. The highest BCUT2D eigenvalue weighted by Gasteiger charge is 2.39. The van der Waals surface area contributed by atoms with Gasteiger partial charge in [-0.2, -0.15) is 5.10 Å². The zero-order valence-corrected chi connectivity index (χ0v) is 17.6. The summed E-state index contributed by atoms with van der Waals surface area (Å²) in [6.07, 6.45) is 7.00. The summed E-state index contributed by atoms with van der Waals surface area (Å²) in [5, 5.41) is 14.7. The molecule has 10 heteroatoms. The van der Waals surface area contributed by atoms with Gasteiger partial charge in [0.2, 0.25) is 5.91 Å². The number of fused-ring (bicyclic) bond motifs is 1. The van der Waals surface area contributed by atoms with E-state index in [0.717, 1.165) is 31.1 Å². The molecule has 2 fully saturated rings. The SMILES string of the molecule is O=C(C(Nc1cc(F)cc(Cl)c1)C1CC1)N1CCC[C@H](Nc2ncnc3[nH]ncc23)C1. The molecule has 8 nitrogen and oxygen atoms in total. The first-order valence-electron chi connectivity index (χ1n) is 10.5. The lowest BCUT2D eigenvalue weighted by molar-refractivity contribution is -0.133. The summed E-state index contributed by atoms with van der Waals surface area (Å²) in [6, 6.07) is 3.98. The van der Waals surface area contributed by atoms with E-state index in [4.69, 9.17) is 11.6 Å². The molecular formula is C21H23ClFN7O. The van der Waals surface area contributed by atoms with Crippen LogP contribution in [0, 0.1) is 11.7 Å². The van der Waals surface area contributed by atoms with Crippen LogP contribution in [0.4, 0.5) is 15.9 Å². The minimum atomic E-state index is -0.422. The summed E-state index contributed by atoms with van der Waals surface area (Å²) < 4.78 is 13.8. The second kappa shape index (κ2) is 8.30. The zero-order valence-electron chi connectivity index (χ0n) is 16.8. The number of anilines is 2. The summed E-state index contributed by atoms with van der Waals surface area (Å²) in [4.78, 5) is 23.8. The van der Waals surface area contributed by atoms with Crippen LogP contribution in [0.15, 0.2) is 30.7 Å². The summed E-state index contributed by atoms with van der Waals surface area (Å²) in [5.41, 5.74) is 1.21. The van der Waals surface area contributed by atoms with E-state index in [1.807, 2.05) is 4.90 Å². The summed E-state index contributed by atoms with van der Waals surface area (Å²) in [7, 11) is 0. The van der Waals surface area contributed by atoms with E-state index in [1.54, 1.807) is 12.3 Å². The third kappa shape index (κ3) is 4.41. The standard InChI is InChI=1S/C21H23ClFN7O/c22-13-6-14(23)8-16(7-13)27-18(12-3-4-12)21(31)30-5-1-2-15(10-30)28-19-17-9-26-29-20(17)25-11-24-19/h6-9,11-12,15,18,27H,1-5,10H2,(H2,24,25,26,28,29)/t15-,18?/m0/s1. The van der Waals surface area contributed by atoms with Crippen LogP contribution in [0.25, 0.3) is 11.0 Å². The summed E-state index contributed by atoms with van der Waals surface area (Å²) in [6.45, 7) is 1.29. The van der Waals surface area contributed by atoms with Gasteiger partial charge in [0.15, 0.2) is 5.65 Å². The fraction of sp³-hybridized carbons (Fsp3) is 0.429. The molecule has 3 N–H and O–H groups in total. The van der Waals surface area contributed by atoms with Crippen LogP contribution in [0.1, 0.15) is 25.7 Å². The van der Waals surface area contributed by atoms with Crippen molar-refractivity contribution in [3.63, 3.8) is 0 Å². The fourth-order valence-electron chi connectivity index (χ4n) is 4.19. The van der Waals surface area contributed by atoms with Crippen molar-refractivity contribution in [1.29, 1.82) is 0 Å². The Morgan fingerprint density at radius 2 is 2.13 bits per heavy atom. The molecule has 1 saturated carbocycles. The number of carbonyl (C=O) groups is 1. The highest BCUT2D eigenvalue weighted by atomic mass is 35.5. The van der Waals surface area contributed by atoms with E-state index < -0.39 is 5.82 Å². The third-order valence-corrected chi connectivity index (χ3v) is 6.08. The molecule has 3 aromatic rings. The number of hydrogen-bond acceptors (Lipinski definition) is 6. The quantitative estimate of drug-likeness (QED) is 0.539. The predicted octanol–water partition coefficient (Wildman–Crippen LogP) is 3.44. The predicted molar refractivity (Wildman–Crippen MR) is 116 cm³/mol. The molecule has 2 aromatic heterocycles.